The van der Waals surface area contributed by atoms with Crippen molar-refractivity contribution in [2.45, 2.75) is 38.5 Å². The highest BCUT2D eigenvalue weighted by molar-refractivity contribution is 5.88. The molecule has 1 unspecified atom stereocenters. The predicted molar refractivity (Wildman–Crippen MR) is 91.8 cm³/mol. The number of hydrogen-bond donors (Lipinski definition) is 2. The van der Waals surface area contributed by atoms with E-state index in [9.17, 15) is 9.59 Å². The molecule has 2 aromatic rings. The molecule has 2 N–H and O–H groups in total. The van der Waals surface area contributed by atoms with Crippen LogP contribution in [0.1, 0.15) is 43.5 Å². The normalized spacial score (nSPS) is 17.3. The van der Waals surface area contributed by atoms with Crippen LogP contribution in [-0.4, -0.2) is 49.7 Å². The molecule has 8 nitrogen and oxygen atoms in total. The Morgan fingerprint density at radius 1 is 1.32 bits per heavy atom. The van der Waals surface area contributed by atoms with Crippen molar-refractivity contribution < 1.29 is 9.59 Å². The van der Waals surface area contributed by atoms with Crippen molar-refractivity contribution >= 4 is 17.8 Å². The van der Waals surface area contributed by atoms with Gasteiger partial charge in [-0.3, -0.25) is 24.9 Å². The third-order valence-corrected chi connectivity index (χ3v) is 4.37. The SMILES string of the molecule is CC(=O)N1CCCC(c2cnc(CCC(=O)Nc3ncc[nH]3)cn2)C1. The van der Waals surface area contributed by atoms with E-state index in [0.717, 1.165) is 30.8 Å². The maximum atomic E-state index is 11.8. The number of aromatic nitrogens is 4. The lowest BCUT2D eigenvalue weighted by Crippen LogP contribution is -2.37. The molecular weight excluding hydrogens is 320 g/mol. The van der Waals surface area contributed by atoms with E-state index in [1.54, 1.807) is 31.7 Å². The van der Waals surface area contributed by atoms with Crippen LogP contribution < -0.4 is 5.32 Å². The highest BCUT2D eigenvalue weighted by Crippen LogP contribution is 2.25. The van der Waals surface area contributed by atoms with Gasteiger partial charge in [-0.15, -0.1) is 0 Å². The average molecular weight is 342 g/mol. The van der Waals surface area contributed by atoms with Crippen LogP contribution >= 0.6 is 0 Å². The fourth-order valence-electron chi connectivity index (χ4n) is 2.98. The smallest absolute Gasteiger partial charge is 0.227 e. The van der Waals surface area contributed by atoms with E-state index in [1.807, 2.05) is 4.90 Å². The van der Waals surface area contributed by atoms with Crippen LogP contribution in [0.15, 0.2) is 24.8 Å². The average Bonchev–Trinajstić information content (AvgIpc) is 3.13. The number of nitrogens with one attached hydrogen (secondary N) is 2. The van der Waals surface area contributed by atoms with Gasteiger partial charge in [0.2, 0.25) is 17.8 Å². The van der Waals surface area contributed by atoms with Gasteiger partial charge in [0.1, 0.15) is 0 Å². The summed E-state index contributed by atoms with van der Waals surface area (Å²) in [5.74, 6) is 0.669. The number of hydrogen-bond acceptors (Lipinski definition) is 5. The van der Waals surface area contributed by atoms with Gasteiger partial charge in [0, 0.05) is 57.1 Å². The molecular formula is C17H22N6O2. The second-order valence-corrected chi connectivity index (χ2v) is 6.22. The highest BCUT2D eigenvalue weighted by Gasteiger charge is 2.23. The zero-order chi connectivity index (χ0) is 17.6. The number of carbonyl (C=O) groups excluding carboxylic acids is 2. The summed E-state index contributed by atoms with van der Waals surface area (Å²) in [7, 11) is 0. The number of carbonyl (C=O) groups is 2. The maximum absolute atomic E-state index is 11.8. The molecule has 1 atom stereocenters. The minimum Gasteiger partial charge on any atom is -0.342 e. The lowest BCUT2D eigenvalue weighted by molar-refractivity contribution is -0.130. The van der Waals surface area contributed by atoms with Gasteiger partial charge in [-0.2, -0.15) is 0 Å². The molecule has 1 fully saturated rings. The Morgan fingerprint density at radius 3 is 2.88 bits per heavy atom. The first-order valence-corrected chi connectivity index (χ1v) is 8.47. The summed E-state index contributed by atoms with van der Waals surface area (Å²) in [5, 5.41) is 2.68. The Balaban J connectivity index is 1.51. The summed E-state index contributed by atoms with van der Waals surface area (Å²) in [6, 6.07) is 0. The minimum absolute atomic E-state index is 0.108. The molecule has 3 rings (SSSR count). The molecule has 1 saturated heterocycles. The second kappa shape index (κ2) is 7.87. The highest BCUT2D eigenvalue weighted by atomic mass is 16.2. The first kappa shape index (κ1) is 17.1. The number of nitrogens with zero attached hydrogens (tertiary/aromatic N) is 4. The minimum atomic E-state index is -0.120. The van der Waals surface area contributed by atoms with Crippen LogP contribution in [0.3, 0.4) is 0 Å². The van der Waals surface area contributed by atoms with E-state index in [4.69, 9.17) is 0 Å². The molecule has 0 radical (unpaired) electrons. The van der Waals surface area contributed by atoms with Crippen molar-refractivity contribution in [3.05, 3.63) is 36.2 Å². The van der Waals surface area contributed by atoms with Crippen LogP contribution in [0.5, 0.6) is 0 Å². The monoisotopic (exact) mass is 342 g/mol. The lowest BCUT2D eigenvalue weighted by atomic mass is 9.95. The third kappa shape index (κ3) is 4.62. The van der Waals surface area contributed by atoms with E-state index in [-0.39, 0.29) is 17.7 Å². The zero-order valence-electron chi connectivity index (χ0n) is 14.2. The number of rotatable bonds is 5. The van der Waals surface area contributed by atoms with Crippen molar-refractivity contribution in [2.75, 3.05) is 18.4 Å². The summed E-state index contributed by atoms with van der Waals surface area (Å²) >= 11 is 0. The summed E-state index contributed by atoms with van der Waals surface area (Å²) < 4.78 is 0. The van der Waals surface area contributed by atoms with E-state index in [0.29, 0.717) is 25.3 Å². The molecule has 3 heterocycles. The Labute approximate surface area is 146 Å². The van der Waals surface area contributed by atoms with Crippen molar-refractivity contribution in [3.8, 4) is 0 Å². The Morgan fingerprint density at radius 2 is 2.20 bits per heavy atom. The van der Waals surface area contributed by atoms with E-state index >= 15 is 0 Å². The lowest BCUT2D eigenvalue weighted by Gasteiger charge is -2.31. The van der Waals surface area contributed by atoms with Gasteiger partial charge in [0.25, 0.3) is 0 Å². The molecule has 2 aromatic heterocycles. The molecule has 25 heavy (non-hydrogen) atoms. The van der Waals surface area contributed by atoms with Gasteiger partial charge in [-0.05, 0) is 19.3 Å². The van der Waals surface area contributed by atoms with E-state index in [1.165, 1.54) is 0 Å². The Hall–Kier alpha value is -2.77. The molecule has 1 aliphatic rings. The number of amides is 2. The van der Waals surface area contributed by atoms with Gasteiger partial charge in [-0.25, -0.2) is 4.98 Å². The van der Waals surface area contributed by atoms with Crippen molar-refractivity contribution in [3.63, 3.8) is 0 Å². The predicted octanol–water partition coefficient (Wildman–Crippen LogP) is 1.50. The van der Waals surface area contributed by atoms with E-state index in [2.05, 4.69) is 25.3 Å². The summed E-state index contributed by atoms with van der Waals surface area (Å²) in [5.41, 5.74) is 1.69. The molecule has 2 amide bonds. The second-order valence-electron chi connectivity index (χ2n) is 6.22. The molecule has 8 heteroatoms. The quantitative estimate of drug-likeness (QED) is 0.857. The molecule has 132 valence electrons. The number of anilines is 1. The Kier molecular flexibility index (Phi) is 5.37. The fourth-order valence-corrected chi connectivity index (χ4v) is 2.98. The van der Waals surface area contributed by atoms with Crippen LogP contribution in [0, 0.1) is 0 Å². The third-order valence-electron chi connectivity index (χ3n) is 4.37. The number of H-pyrrole nitrogens is 1. The van der Waals surface area contributed by atoms with Crippen LogP contribution in [-0.2, 0) is 16.0 Å². The molecule has 1 aliphatic heterocycles. The summed E-state index contributed by atoms with van der Waals surface area (Å²) in [6.07, 6.45) is 9.57. The first-order valence-electron chi connectivity index (χ1n) is 8.47. The van der Waals surface area contributed by atoms with Crippen molar-refractivity contribution in [2.24, 2.45) is 0 Å². The fraction of sp³-hybridized carbons (Fsp3) is 0.471. The number of aryl methyl sites for hydroxylation is 1. The molecule has 0 spiro atoms. The van der Waals surface area contributed by atoms with Crippen LogP contribution in [0.4, 0.5) is 5.95 Å². The van der Waals surface area contributed by atoms with Crippen LogP contribution in [0.25, 0.3) is 0 Å². The van der Waals surface area contributed by atoms with Gasteiger partial charge < -0.3 is 9.88 Å². The Bertz CT molecular complexity index is 713. The van der Waals surface area contributed by atoms with Crippen molar-refractivity contribution in [1.82, 2.24) is 24.8 Å². The first-order chi connectivity index (χ1) is 12.1. The molecule has 0 aromatic carbocycles. The number of piperidine rings is 1. The zero-order valence-corrected chi connectivity index (χ0v) is 14.2. The van der Waals surface area contributed by atoms with Crippen molar-refractivity contribution in [1.29, 1.82) is 0 Å². The largest absolute Gasteiger partial charge is 0.342 e. The van der Waals surface area contributed by atoms with E-state index < -0.39 is 0 Å². The number of aromatic amines is 1. The molecule has 0 saturated carbocycles. The van der Waals surface area contributed by atoms with Gasteiger partial charge in [-0.1, -0.05) is 0 Å². The van der Waals surface area contributed by atoms with Gasteiger partial charge >= 0.3 is 0 Å². The van der Waals surface area contributed by atoms with Crippen LogP contribution in [0.2, 0.25) is 0 Å². The summed E-state index contributed by atoms with van der Waals surface area (Å²) in [6.45, 7) is 3.13. The number of likely N-dealkylation sites (tertiary alicyclic amines) is 1. The maximum Gasteiger partial charge on any atom is 0.227 e. The standard InChI is InChI=1S/C17H22N6O2/c1-12(24)23-8-2-3-13(11-23)15-10-20-14(9-21-15)4-5-16(25)22-17-18-6-7-19-17/h6-7,9-10,13H,2-5,8,11H2,1H3,(H2,18,19,22,25). The van der Waals surface area contributed by atoms with Gasteiger partial charge in [0.05, 0.1) is 11.4 Å². The molecule has 0 aliphatic carbocycles. The topological polar surface area (TPSA) is 104 Å². The number of imidazole rings is 1. The van der Waals surface area contributed by atoms with Gasteiger partial charge in [0.15, 0.2) is 0 Å². The summed E-state index contributed by atoms with van der Waals surface area (Å²) in [4.78, 5) is 40.9. The molecule has 0 bridgehead atoms.